The highest BCUT2D eigenvalue weighted by molar-refractivity contribution is 5.94. The summed E-state index contributed by atoms with van der Waals surface area (Å²) in [7, 11) is 0. The lowest BCUT2D eigenvalue weighted by Crippen LogP contribution is -2.30. The number of hydrogen-bond acceptors (Lipinski definition) is 4. The normalized spacial score (nSPS) is 11.8. The van der Waals surface area contributed by atoms with Gasteiger partial charge in [-0.25, -0.2) is 0 Å². The van der Waals surface area contributed by atoms with Crippen LogP contribution in [-0.4, -0.2) is 36.9 Å². The SMILES string of the molecule is CCOc1ccc(C(=O)NC[C@@H](C)O)cc1OCC. The molecule has 5 heteroatoms. The minimum Gasteiger partial charge on any atom is -0.490 e. The molecule has 1 atom stereocenters. The Balaban J connectivity index is 2.84. The van der Waals surface area contributed by atoms with Crippen LogP contribution in [0.5, 0.6) is 11.5 Å². The molecule has 1 rings (SSSR count). The average Bonchev–Trinajstić information content (AvgIpc) is 2.38. The molecule has 0 bridgehead atoms. The molecular formula is C14H21NO4. The first-order valence-corrected chi connectivity index (χ1v) is 6.44. The summed E-state index contributed by atoms with van der Waals surface area (Å²) >= 11 is 0. The van der Waals surface area contributed by atoms with Gasteiger partial charge in [-0.1, -0.05) is 0 Å². The van der Waals surface area contributed by atoms with Crippen molar-refractivity contribution < 1.29 is 19.4 Å². The van der Waals surface area contributed by atoms with Gasteiger partial charge in [0.2, 0.25) is 0 Å². The van der Waals surface area contributed by atoms with E-state index in [0.29, 0.717) is 30.3 Å². The minimum atomic E-state index is -0.571. The maximum absolute atomic E-state index is 11.9. The van der Waals surface area contributed by atoms with Crippen molar-refractivity contribution in [2.75, 3.05) is 19.8 Å². The van der Waals surface area contributed by atoms with E-state index in [1.807, 2.05) is 13.8 Å². The third-order valence-electron chi connectivity index (χ3n) is 2.36. The summed E-state index contributed by atoms with van der Waals surface area (Å²) in [6.45, 7) is 6.63. The van der Waals surface area contributed by atoms with Gasteiger partial charge in [0.25, 0.3) is 5.91 Å². The Hall–Kier alpha value is -1.75. The second-order valence-corrected chi connectivity index (χ2v) is 4.09. The molecule has 0 radical (unpaired) electrons. The van der Waals surface area contributed by atoms with E-state index in [1.165, 1.54) is 0 Å². The van der Waals surface area contributed by atoms with Crippen LogP contribution in [-0.2, 0) is 0 Å². The summed E-state index contributed by atoms with van der Waals surface area (Å²) in [5.74, 6) is 0.926. The Bertz CT molecular complexity index is 418. The van der Waals surface area contributed by atoms with Crippen molar-refractivity contribution in [3.63, 3.8) is 0 Å². The predicted molar refractivity (Wildman–Crippen MR) is 72.8 cm³/mol. The van der Waals surface area contributed by atoms with Crippen LogP contribution in [0.25, 0.3) is 0 Å². The second kappa shape index (κ2) is 7.63. The van der Waals surface area contributed by atoms with Crippen molar-refractivity contribution in [1.29, 1.82) is 0 Å². The van der Waals surface area contributed by atoms with Gasteiger partial charge < -0.3 is 19.9 Å². The molecular weight excluding hydrogens is 246 g/mol. The zero-order valence-electron chi connectivity index (χ0n) is 11.6. The van der Waals surface area contributed by atoms with Crippen LogP contribution in [0.1, 0.15) is 31.1 Å². The molecule has 0 aliphatic heterocycles. The summed E-state index contributed by atoms with van der Waals surface area (Å²) in [6.07, 6.45) is -0.571. The molecule has 1 aromatic rings. The Morgan fingerprint density at radius 2 is 1.89 bits per heavy atom. The fourth-order valence-electron chi connectivity index (χ4n) is 1.53. The van der Waals surface area contributed by atoms with Crippen LogP contribution in [0, 0.1) is 0 Å². The lowest BCUT2D eigenvalue weighted by Gasteiger charge is -2.13. The summed E-state index contributed by atoms with van der Waals surface area (Å²) < 4.78 is 10.9. The van der Waals surface area contributed by atoms with Crippen molar-refractivity contribution in [3.8, 4) is 11.5 Å². The molecule has 0 aliphatic rings. The van der Waals surface area contributed by atoms with E-state index in [9.17, 15) is 4.79 Å². The average molecular weight is 267 g/mol. The lowest BCUT2D eigenvalue weighted by molar-refractivity contribution is 0.0923. The van der Waals surface area contributed by atoms with Crippen LogP contribution < -0.4 is 14.8 Å². The number of aliphatic hydroxyl groups excluding tert-OH is 1. The van der Waals surface area contributed by atoms with Crippen molar-refractivity contribution >= 4 is 5.91 Å². The largest absolute Gasteiger partial charge is 0.490 e. The number of ether oxygens (including phenoxy) is 2. The fraction of sp³-hybridized carbons (Fsp3) is 0.500. The highest BCUT2D eigenvalue weighted by atomic mass is 16.5. The minimum absolute atomic E-state index is 0.218. The van der Waals surface area contributed by atoms with Gasteiger partial charge in [-0.05, 0) is 39.0 Å². The third kappa shape index (κ3) is 4.79. The number of amides is 1. The highest BCUT2D eigenvalue weighted by Gasteiger charge is 2.11. The number of carbonyl (C=O) groups is 1. The molecule has 5 nitrogen and oxygen atoms in total. The maximum atomic E-state index is 11.9. The fourth-order valence-corrected chi connectivity index (χ4v) is 1.53. The van der Waals surface area contributed by atoms with Crippen LogP contribution >= 0.6 is 0 Å². The molecule has 0 spiro atoms. The van der Waals surface area contributed by atoms with Crippen molar-refractivity contribution in [2.24, 2.45) is 0 Å². The molecule has 1 aromatic carbocycles. The van der Waals surface area contributed by atoms with Crippen LogP contribution in [0.3, 0.4) is 0 Å². The highest BCUT2D eigenvalue weighted by Crippen LogP contribution is 2.28. The number of nitrogens with one attached hydrogen (secondary N) is 1. The molecule has 1 amide bonds. The van der Waals surface area contributed by atoms with Crippen LogP contribution in [0.15, 0.2) is 18.2 Å². The standard InChI is InChI=1S/C14H21NO4/c1-4-18-12-7-6-11(8-13(12)19-5-2)14(17)15-9-10(3)16/h6-8,10,16H,4-5,9H2,1-3H3,(H,15,17)/t10-/m1/s1. The van der Waals surface area contributed by atoms with Gasteiger partial charge in [0.05, 0.1) is 19.3 Å². The van der Waals surface area contributed by atoms with Crippen molar-refractivity contribution in [3.05, 3.63) is 23.8 Å². The quantitative estimate of drug-likeness (QED) is 0.787. The summed E-state index contributed by atoms with van der Waals surface area (Å²) in [6, 6.07) is 5.03. The van der Waals surface area contributed by atoms with E-state index in [2.05, 4.69) is 5.32 Å². The molecule has 106 valence electrons. The van der Waals surface area contributed by atoms with E-state index < -0.39 is 6.10 Å². The number of rotatable bonds is 7. The number of aliphatic hydroxyl groups is 1. The monoisotopic (exact) mass is 267 g/mol. The third-order valence-corrected chi connectivity index (χ3v) is 2.36. The number of benzene rings is 1. The van der Waals surface area contributed by atoms with Crippen molar-refractivity contribution in [2.45, 2.75) is 26.9 Å². The van der Waals surface area contributed by atoms with E-state index in [4.69, 9.17) is 14.6 Å². The Morgan fingerprint density at radius 1 is 1.26 bits per heavy atom. The van der Waals surface area contributed by atoms with E-state index in [-0.39, 0.29) is 12.5 Å². The summed E-state index contributed by atoms with van der Waals surface area (Å²) in [5.41, 5.74) is 0.479. The zero-order chi connectivity index (χ0) is 14.3. The Morgan fingerprint density at radius 3 is 2.47 bits per heavy atom. The molecule has 19 heavy (non-hydrogen) atoms. The van der Waals surface area contributed by atoms with E-state index in [1.54, 1.807) is 25.1 Å². The predicted octanol–water partition coefficient (Wildman–Crippen LogP) is 1.59. The number of carbonyl (C=O) groups excluding carboxylic acids is 1. The molecule has 0 aromatic heterocycles. The van der Waals surface area contributed by atoms with Gasteiger partial charge in [-0.2, -0.15) is 0 Å². The molecule has 0 fully saturated rings. The van der Waals surface area contributed by atoms with Gasteiger partial charge in [0.1, 0.15) is 0 Å². The molecule has 0 heterocycles. The smallest absolute Gasteiger partial charge is 0.251 e. The van der Waals surface area contributed by atoms with Gasteiger partial charge >= 0.3 is 0 Å². The summed E-state index contributed by atoms with van der Waals surface area (Å²) in [5, 5.41) is 11.8. The van der Waals surface area contributed by atoms with E-state index >= 15 is 0 Å². The van der Waals surface area contributed by atoms with Crippen LogP contribution in [0.4, 0.5) is 0 Å². The van der Waals surface area contributed by atoms with Gasteiger partial charge in [0, 0.05) is 12.1 Å². The van der Waals surface area contributed by atoms with Gasteiger partial charge in [0.15, 0.2) is 11.5 Å². The molecule has 0 saturated heterocycles. The van der Waals surface area contributed by atoms with Gasteiger partial charge in [-0.15, -0.1) is 0 Å². The first-order chi connectivity index (χ1) is 9.08. The van der Waals surface area contributed by atoms with Gasteiger partial charge in [-0.3, -0.25) is 4.79 Å². The molecule has 0 aliphatic carbocycles. The first kappa shape index (κ1) is 15.3. The zero-order valence-corrected chi connectivity index (χ0v) is 11.6. The Labute approximate surface area is 113 Å². The summed E-state index contributed by atoms with van der Waals surface area (Å²) in [4.78, 5) is 11.9. The molecule has 0 unspecified atom stereocenters. The first-order valence-electron chi connectivity index (χ1n) is 6.44. The maximum Gasteiger partial charge on any atom is 0.251 e. The number of hydrogen-bond donors (Lipinski definition) is 2. The lowest BCUT2D eigenvalue weighted by atomic mass is 10.2. The molecule has 0 saturated carbocycles. The van der Waals surface area contributed by atoms with Crippen molar-refractivity contribution in [1.82, 2.24) is 5.32 Å². The van der Waals surface area contributed by atoms with Crippen LogP contribution in [0.2, 0.25) is 0 Å². The molecule has 2 N–H and O–H groups in total. The second-order valence-electron chi connectivity index (χ2n) is 4.09. The van der Waals surface area contributed by atoms with E-state index in [0.717, 1.165) is 0 Å². The topological polar surface area (TPSA) is 67.8 Å². The Kier molecular flexibility index (Phi) is 6.15.